The molecule has 0 unspecified atom stereocenters. The minimum absolute atomic E-state index is 0.00464. The Balaban J connectivity index is 2.53. The molecule has 3 aromatic rings. The molecule has 154 valence electrons. The van der Waals surface area contributed by atoms with Crippen molar-refractivity contribution >= 4 is 11.0 Å². The van der Waals surface area contributed by atoms with Crippen LogP contribution in [0.25, 0.3) is 22.3 Å². The van der Waals surface area contributed by atoms with Gasteiger partial charge in [-0.1, -0.05) is 0 Å². The monoisotopic (exact) mass is 406 g/mol. The molecule has 0 saturated heterocycles. The molecule has 0 aliphatic heterocycles. The van der Waals surface area contributed by atoms with E-state index in [0.717, 1.165) is 6.07 Å². The van der Waals surface area contributed by atoms with Crippen LogP contribution in [0, 0.1) is 0 Å². The van der Waals surface area contributed by atoms with Gasteiger partial charge in [-0.05, 0) is 6.07 Å². The molecular weight excluding hydrogens is 388 g/mol. The number of phenolic OH excluding ortho intramolecular Hbond substituents is 4. The zero-order valence-electron chi connectivity index (χ0n) is 15.9. The van der Waals surface area contributed by atoms with Gasteiger partial charge in [0.15, 0.2) is 28.6 Å². The van der Waals surface area contributed by atoms with Gasteiger partial charge >= 0.3 is 0 Å². The van der Waals surface area contributed by atoms with Crippen LogP contribution in [-0.4, -0.2) is 48.9 Å². The van der Waals surface area contributed by atoms with E-state index in [9.17, 15) is 25.2 Å². The Morgan fingerprint density at radius 3 is 1.93 bits per heavy atom. The molecule has 29 heavy (non-hydrogen) atoms. The highest BCUT2D eigenvalue weighted by Crippen LogP contribution is 2.51. The van der Waals surface area contributed by atoms with Crippen LogP contribution in [0.5, 0.6) is 46.0 Å². The lowest BCUT2D eigenvalue weighted by atomic mass is 10.1. The van der Waals surface area contributed by atoms with Crippen molar-refractivity contribution in [3.8, 4) is 57.3 Å². The molecule has 0 aliphatic carbocycles. The van der Waals surface area contributed by atoms with Crippen molar-refractivity contribution in [2.45, 2.75) is 0 Å². The lowest BCUT2D eigenvalue weighted by molar-refractivity contribution is 0.322. The molecule has 0 atom stereocenters. The second-order valence-electron chi connectivity index (χ2n) is 5.80. The van der Waals surface area contributed by atoms with Gasteiger partial charge < -0.3 is 43.8 Å². The van der Waals surface area contributed by atoms with Crippen molar-refractivity contribution in [3.63, 3.8) is 0 Å². The summed E-state index contributed by atoms with van der Waals surface area (Å²) in [6, 6.07) is 2.23. The minimum Gasteiger partial charge on any atom is -0.507 e. The van der Waals surface area contributed by atoms with Crippen LogP contribution in [-0.2, 0) is 0 Å². The topological polar surface area (TPSA) is 148 Å². The number of hydrogen-bond donors (Lipinski definition) is 4. The van der Waals surface area contributed by atoms with E-state index in [2.05, 4.69) is 0 Å². The highest BCUT2D eigenvalue weighted by molar-refractivity contribution is 5.96. The number of methoxy groups -OCH3 is 4. The van der Waals surface area contributed by atoms with E-state index in [0.29, 0.717) is 0 Å². The first-order chi connectivity index (χ1) is 13.8. The number of ether oxygens (including phenoxy) is 4. The van der Waals surface area contributed by atoms with Gasteiger partial charge in [-0.15, -0.1) is 0 Å². The molecule has 2 aromatic carbocycles. The Labute approximate surface area is 163 Å². The van der Waals surface area contributed by atoms with E-state index in [1.807, 2.05) is 0 Å². The molecule has 1 aromatic heterocycles. The summed E-state index contributed by atoms with van der Waals surface area (Å²) in [4.78, 5) is 13.1. The minimum atomic E-state index is -0.815. The van der Waals surface area contributed by atoms with Gasteiger partial charge in [0.2, 0.25) is 28.4 Å². The first-order valence-corrected chi connectivity index (χ1v) is 8.11. The number of hydrogen-bond acceptors (Lipinski definition) is 10. The van der Waals surface area contributed by atoms with Crippen LogP contribution in [0.15, 0.2) is 21.3 Å². The summed E-state index contributed by atoms with van der Waals surface area (Å²) in [5, 5.41) is 40.5. The fourth-order valence-electron chi connectivity index (χ4n) is 2.98. The molecule has 0 aliphatic rings. The Morgan fingerprint density at radius 1 is 0.759 bits per heavy atom. The normalized spacial score (nSPS) is 10.8. The molecule has 0 saturated carbocycles. The predicted octanol–water partition coefficient (Wildman–Crippen LogP) is 2.32. The zero-order valence-corrected chi connectivity index (χ0v) is 15.9. The van der Waals surface area contributed by atoms with E-state index in [1.54, 1.807) is 0 Å². The van der Waals surface area contributed by atoms with Crippen molar-refractivity contribution < 1.29 is 43.8 Å². The Morgan fingerprint density at radius 2 is 1.38 bits per heavy atom. The third-order valence-corrected chi connectivity index (χ3v) is 4.31. The maximum atomic E-state index is 13.1. The van der Waals surface area contributed by atoms with Crippen LogP contribution in [0.1, 0.15) is 0 Å². The maximum Gasteiger partial charge on any atom is 0.239 e. The van der Waals surface area contributed by atoms with E-state index in [1.165, 1.54) is 34.5 Å². The van der Waals surface area contributed by atoms with E-state index in [-0.39, 0.29) is 51.0 Å². The lowest BCUT2D eigenvalue weighted by Gasteiger charge is -2.16. The molecule has 1 heterocycles. The number of rotatable bonds is 5. The van der Waals surface area contributed by atoms with Crippen LogP contribution >= 0.6 is 0 Å². The average molecular weight is 406 g/mol. The number of phenols is 4. The summed E-state index contributed by atoms with van der Waals surface area (Å²) in [5.74, 6) is -3.31. The summed E-state index contributed by atoms with van der Waals surface area (Å²) >= 11 is 0. The van der Waals surface area contributed by atoms with Crippen molar-refractivity contribution in [2.75, 3.05) is 28.4 Å². The van der Waals surface area contributed by atoms with Crippen molar-refractivity contribution in [2.24, 2.45) is 0 Å². The molecule has 0 amide bonds. The van der Waals surface area contributed by atoms with Crippen molar-refractivity contribution in [1.29, 1.82) is 0 Å². The molecule has 0 bridgehead atoms. The summed E-state index contributed by atoms with van der Waals surface area (Å²) < 4.78 is 26.0. The zero-order chi connectivity index (χ0) is 21.5. The van der Waals surface area contributed by atoms with Gasteiger partial charge in [-0.3, -0.25) is 4.79 Å². The summed E-state index contributed by atoms with van der Waals surface area (Å²) in [6.07, 6.45) is 0. The van der Waals surface area contributed by atoms with Crippen molar-refractivity contribution in [3.05, 3.63) is 22.4 Å². The molecule has 0 radical (unpaired) electrons. The Bertz CT molecular complexity index is 1160. The first kappa shape index (κ1) is 19.8. The van der Waals surface area contributed by atoms with Crippen LogP contribution < -0.4 is 24.4 Å². The predicted molar refractivity (Wildman–Crippen MR) is 101 cm³/mol. The number of benzene rings is 2. The van der Waals surface area contributed by atoms with Gasteiger partial charge in [-0.25, -0.2) is 0 Å². The van der Waals surface area contributed by atoms with Crippen LogP contribution in [0.4, 0.5) is 0 Å². The average Bonchev–Trinajstić information content (AvgIpc) is 2.68. The highest BCUT2D eigenvalue weighted by atomic mass is 16.5. The van der Waals surface area contributed by atoms with Gasteiger partial charge in [-0.2, -0.15) is 0 Å². The third-order valence-electron chi connectivity index (χ3n) is 4.31. The van der Waals surface area contributed by atoms with Gasteiger partial charge in [0.1, 0.15) is 11.1 Å². The fourth-order valence-corrected chi connectivity index (χ4v) is 2.98. The van der Waals surface area contributed by atoms with Gasteiger partial charge in [0.05, 0.1) is 34.0 Å². The van der Waals surface area contributed by atoms with Gasteiger partial charge in [0.25, 0.3) is 0 Å². The van der Waals surface area contributed by atoms with E-state index < -0.39 is 22.7 Å². The largest absolute Gasteiger partial charge is 0.507 e. The van der Waals surface area contributed by atoms with Crippen LogP contribution in [0.3, 0.4) is 0 Å². The van der Waals surface area contributed by atoms with E-state index in [4.69, 9.17) is 23.4 Å². The second-order valence-corrected chi connectivity index (χ2v) is 5.80. The molecule has 0 spiro atoms. The number of fused-ring (bicyclic) bond motifs is 1. The highest BCUT2D eigenvalue weighted by Gasteiger charge is 2.29. The standard InChI is InChI=1S/C19H18O10/c1-25-10-5-7(8(20)6-9(10)21)15-18(27-3)13(23)11-12(22)17(26-2)14(24)19(28-4)16(11)29-15/h5-6,20-22,24H,1-4H3. The Kier molecular flexibility index (Phi) is 4.93. The molecular formula is C19H18O10. The van der Waals surface area contributed by atoms with Crippen molar-refractivity contribution in [1.82, 2.24) is 0 Å². The van der Waals surface area contributed by atoms with E-state index >= 15 is 0 Å². The summed E-state index contributed by atoms with van der Waals surface area (Å²) in [7, 11) is 4.90. The lowest BCUT2D eigenvalue weighted by Crippen LogP contribution is -2.09. The van der Waals surface area contributed by atoms with Crippen LogP contribution in [0.2, 0.25) is 0 Å². The van der Waals surface area contributed by atoms with Gasteiger partial charge in [0, 0.05) is 6.07 Å². The molecule has 4 N–H and O–H groups in total. The quantitative estimate of drug-likeness (QED) is 0.497. The smallest absolute Gasteiger partial charge is 0.239 e. The molecule has 3 rings (SSSR count). The maximum absolute atomic E-state index is 13.1. The molecule has 10 nitrogen and oxygen atoms in total. The summed E-state index contributed by atoms with van der Waals surface area (Å²) in [6.45, 7) is 0. The molecule has 0 fully saturated rings. The fraction of sp³-hybridized carbons (Fsp3) is 0.211. The number of aromatic hydroxyl groups is 4. The molecule has 10 heteroatoms. The SMILES string of the molecule is COc1cc(-c2oc3c(OC)c(O)c(OC)c(O)c3c(=O)c2OC)c(O)cc1O. The third kappa shape index (κ3) is 2.85. The second kappa shape index (κ2) is 7.23. The summed E-state index contributed by atoms with van der Waals surface area (Å²) in [5.41, 5.74) is -1.17. The Hall–Kier alpha value is -3.95. The first-order valence-electron chi connectivity index (χ1n) is 8.11.